The molecule has 1 aromatic heterocycles. The molecule has 1 atom stereocenters. The Morgan fingerprint density at radius 3 is 2.80 bits per heavy atom. The van der Waals surface area contributed by atoms with Crippen LogP contribution in [0.5, 0.6) is 11.5 Å². The predicted octanol–water partition coefficient (Wildman–Crippen LogP) is 3.94. The largest absolute Gasteiger partial charge is 0.497 e. The van der Waals surface area contributed by atoms with Gasteiger partial charge in [-0.15, -0.1) is 5.10 Å². The number of hydrogen-bond acceptors (Lipinski definition) is 6. The number of rotatable bonds is 7. The number of nitrogens with zero attached hydrogens (tertiary/aromatic N) is 3. The minimum absolute atomic E-state index is 0.0184. The van der Waals surface area contributed by atoms with Crippen molar-refractivity contribution < 1.29 is 14.3 Å². The SMILES string of the molecule is COc1ccc(OC)c([C@H]2CCCN2C(=O)CSc2n[nH]c(-c3ccccc3)n2)c1. The number of likely N-dealkylation sites (tertiary alicyclic amines) is 1. The molecule has 3 aromatic rings. The zero-order valence-corrected chi connectivity index (χ0v) is 17.8. The van der Waals surface area contributed by atoms with Crippen LogP contribution in [0.4, 0.5) is 0 Å². The predicted molar refractivity (Wildman–Crippen MR) is 116 cm³/mol. The minimum Gasteiger partial charge on any atom is -0.497 e. The Labute approximate surface area is 179 Å². The Morgan fingerprint density at radius 1 is 1.20 bits per heavy atom. The third kappa shape index (κ3) is 4.28. The van der Waals surface area contributed by atoms with E-state index in [1.807, 2.05) is 53.4 Å². The maximum atomic E-state index is 13.0. The fourth-order valence-electron chi connectivity index (χ4n) is 3.73. The molecule has 1 amide bonds. The average Bonchev–Trinajstić information content (AvgIpc) is 3.47. The van der Waals surface area contributed by atoms with Crippen molar-refractivity contribution in [3.63, 3.8) is 0 Å². The summed E-state index contributed by atoms with van der Waals surface area (Å²) in [6, 6.07) is 15.5. The summed E-state index contributed by atoms with van der Waals surface area (Å²) >= 11 is 1.35. The van der Waals surface area contributed by atoms with Crippen LogP contribution >= 0.6 is 11.8 Å². The van der Waals surface area contributed by atoms with Crippen LogP contribution in [-0.2, 0) is 4.79 Å². The first-order chi connectivity index (χ1) is 14.7. The molecule has 7 nitrogen and oxygen atoms in total. The third-order valence-electron chi connectivity index (χ3n) is 5.21. The van der Waals surface area contributed by atoms with Crippen molar-refractivity contribution >= 4 is 17.7 Å². The number of nitrogens with one attached hydrogen (secondary N) is 1. The zero-order valence-electron chi connectivity index (χ0n) is 17.0. The molecule has 1 aliphatic rings. The second-order valence-electron chi connectivity index (χ2n) is 6.97. The first-order valence-corrected chi connectivity index (χ1v) is 10.8. The second kappa shape index (κ2) is 9.21. The average molecular weight is 425 g/mol. The van der Waals surface area contributed by atoms with E-state index >= 15 is 0 Å². The van der Waals surface area contributed by atoms with E-state index in [2.05, 4.69) is 15.2 Å². The highest BCUT2D eigenvalue weighted by Crippen LogP contribution is 2.39. The fourth-order valence-corrected chi connectivity index (χ4v) is 4.42. The van der Waals surface area contributed by atoms with Gasteiger partial charge in [-0.1, -0.05) is 42.1 Å². The summed E-state index contributed by atoms with van der Waals surface area (Å²) in [5.74, 6) is 2.59. The Morgan fingerprint density at radius 2 is 2.03 bits per heavy atom. The Balaban J connectivity index is 1.44. The molecule has 1 N–H and O–H groups in total. The Kier molecular flexibility index (Phi) is 6.23. The summed E-state index contributed by atoms with van der Waals surface area (Å²) in [5, 5.41) is 7.74. The van der Waals surface area contributed by atoms with Crippen LogP contribution in [0.15, 0.2) is 53.7 Å². The van der Waals surface area contributed by atoms with Crippen LogP contribution in [0.2, 0.25) is 0 Å². The van der Waals surface area contributed by atoms with Crippen LogP contribution in [0.3, 0.4) is 0 Å². The number of methoxy groups -OCH3 is 2. The van der Waals surface area contributed by atoms with Gasteiger partial charge in [0.05, 0.1) is 26.0 Å². The van der Waals surface area contributed by atoms with Gasteiger partial charge in [0.1, 0.15) is 11.5 Å². The van der Waals surface area contributed by atoms with Gasteiger partial charge in [0.15, 0.2) is 5.82 Å². The van der Waals surface area contributed by atoms with Gasteiger partial charge in [-0.3, -0.25) is 9.89 Å². The molecule has 1 fully saturated rings. The summed E-state index contributed by atoms with van der Waals surface area (Å²) in [5.41, 5.74) is 1.95. The molecule has 8 heteroatoms. The maximum absolute atomic E-state index is 13.0. The number of carbonyl (C=O) groups is 1. The molecule has 0 radical (unpaired) electrons. The number of thioether (sulfide) groups is 1. The summed E-state index contributed by atoms with van der Waals surface area (Å²) in [6.07, 6.45) is 1.86. The van der Waals surface area contributed by atoms with Crippen molar-refractivity contribution in [2.45, 2.75) is 24.0 Å². The van der Waals surface area contributed by atoms with Crippen LogP contribution in [0, 0.1) is 0 Å². The number of carbonyl (C=O) groups excluding carboxylic acids is 1. The standard InChI is InChI=1S/C22H24N4O3S/c1-28-16-10-11-19(29-2)17(13-16)18-9-6-12-26(18)20(27)14-30-22-23-21(24-25-22)15-7-4-3-5-8-15/h3-5,7-8,10-11,13,18H,6,9,12,14H2,1-2H3,(H,23,24,25)/t18-/m1/s1. The molecule has 0 spiro atoms. The molecule has 0 saturated carbocycles. The van der Waals surface area contributed by atoms with Gasteiger partial charge in [0.25, 0.3) is 0 Å². The van der Waals surface area contributed by atoms with Crippen LogP contribution in [-0.4, -0.2) is 52.5 Å². The number of ether oxygens (including phenoxy) is 2. The number of benzene rings is 2. The zero-order chi connectivity index (χ0) is 20.9. The lowest BCUT2D eigenvalue weighted by molar-refractivity contribution is -0.129. The molecule has 0 aliphatic carbocycles. The van der Waals surface area contributed by atoms with Crippen molar-refractivity contribution in [1.82, 2.24) is 20.1 Å². The molecule has 0 bridgehead atoms. The van der Waals surface area contributed by atoms with Gasteiger partial charge in [0.2, 0.25) is 11.1 Å². The fraction of sp³-hybridized carbons (Fsp3) is 0.318. The minimum atomic E-state index is -0.0184. The molecule has 30 heavy (non-hydrogen) atoms. The summed E-state index contributed by atoms with van der Waals surface area (Å²) in [7, 11) is 3.29. The molecule has 2 aromatic carbocycles. The van der Waals surface area contributed by atoms with Gasteiger partial charge >= 0.3 is 0 Å². The maximum Gasteiger partial charge on any atom is 0.233 e. The van der Waals surface area contributed by atoms with E-state index in [-0.39, 0.29) is 17.7 Å². The van der Waals surface area contributed by atoms with E-state index in [1.54, 1.807) is 14.2 Å². The van der Waals surface area contributed by atoms with Crippen molar-refractivity contribution in [2.24, 2.45) is 0 Å². The smallest absolute Gasteiger partial charge is 0.233 e. The molecule has 4 rings (SSSR count). The first kappa shape index (κ1) is 20.3. The van der Waals surface area contributed by atoms with Gasteiger partial charge in [-0.25, -0.2) is 4.98 Å². The summed E-state index contributed by atoms with van der Waals surface area (Å²) in [4.78, 5) is 19.4. The van der Waals surface area contributed by atoms with Crippen LogP contribution < -0.4 is 9.47 Å². The van der Waals surface area contributed by atoms with Gasteiger partial charge in [-0.05, 0) is 31.0 Å². The number of H-pyrrole nitrogens is 1. The highest BCUT2D eigenvalue weighted by Gasteiger charge is 2.32. The molecule has 1 aliphatic heterocycles. The number of aromatic nitrogens is 3. The molecule has 0 unspecified atom stereocenters. The van der Waals surface area contributed by atoms with Gasteiger partial charge < -0.3 is 14.4 Å². The van der Waals surface area contributed by atoms with Crippen molar-refractivity contribution in [3.05, 3.63) is 54.1 Å². The van der Waals surface area contributed by atoms with Crippen LogP contribution in [0.25, 0.3) is 11.4 Å². The van der Waals surface area contributed by atoms with Gasteiger partial charge in [0, 0.05) is 17.7 Å². The van der Waals surface area contributed by atoms with E-state index in [0.717, 1.165) is 42.0 Å². The van der Waals surface area contributed by atoms with E-state index in [9.17, 15) is 4.79 Å². The highest BCUT2D eigenvalue weighted by atomic mass is 32.2. The van der Waals surface area contributed by atoms with E-state index < -0.39 is 0 Å². The highest BCUT2D eigenvalue weighted by molar-refractivity contribution is 7.99. The summed E-state index contributed by atoms with van der Waals surface area (Å²) < 4.78 is 10.9. The van der Waals surface area contributed by atoms with E-state index in [4.69, 9.17) is 9.47 Å². The third-order valence-corrected chi connectivity index (χ3v) is 6.04. The molecular formula is C22H24N4O3S. The lowest BCUT2D eigenvalue weighted by Gasteiger charge is -2.26. The number of amides is 1. The van der Waals surface area contributed by atoms with E-state index in [1.165, 1.54) is 11.8 Å². The first-order valence-electron chi connectivity index (χ1n) is 9.81. The molecular weight excluding hydrogens is 400 g/mol. The molecule has 2 heterocycles. The van der Waals surface area contributed by atoms with Gasteiger partial charge in [-0.2, -0.15) is 0 Å². The monoisotopic (exact) mass is 424 g/mol. The summed E-state index contributed by atoms with van der Waals surface area (Å²) in [6.45, 7) is 0.730. The lowest BCUT2D eigenvalue weighted by atomic mass is 10.0. The van der Waals surface area contributed by atoms with Crippen LogP contribution in [0.1, 0.15) is 24.4 Å². The second-order valence-corrected chi connectivity index (χ2v) is 7.92. The quantitative estimate of drug-likeness (QED) is 0.579. The Hall–Kier alpha value is -3.00. The molecule has 156 valence electrons. The number of aromatic amines is 1. The number of hydrogen-bond donors (Lipinski definition) is 1. The normalized spacial score (nSPS) is 15.9. The Bertz CT molecular complexity index is 1010. The molecule has 1 saturated heterocycles. The van der Waals surface area contributed by atoms with E-state index in [0.29, 0.717) is 11.0 Å². The van der Waals surface area contributed by atoms with Crippen molar-refractivity contribution in [1.29, 1.82) is 0 Å². The lowest BCUT2D eigenvalue weighted by Crippen LogP contribution is -2.32. The van der Waals surface area contributed by atoms with Crippen molar-refractivity contribution in [3.8, 4) is 22.9 Å². The topological polar surface area (TPSA) is 80.3 Å². The van der Waals surface area contributed by atoms with Crippen molar-refractivity contribution in [2.75, 3.05) is 26.5 Å².